The molecule has 3 nitrogen and oxygen atoms in total. The molecule has 1 unspecified atom stereocenters. The van der Waals surface area contributed by atoms with Crippen molar-refractivity contribution in [2.45, 2.75) is 39.2 Å². The van der Waals surface area contributed by atoms with E-state index in [-0.39, 0.29) is 5.41 Å². The second-order valence-electron chi connectivity index (χ2n) is 6.96. The predicted molar refractivity (Wildman–Crippen MR) is 90.9 cm³/mol. The fourth-order valence-corrected chi connectivity index (χ4v) is 2.09. The van der Waals surface area contributed by atoms with Crippen LogP contribution in [-0.2, 0) is 10.2 Å². The Bertz CT molecular complexity index is 393. The molecule has 1 aromatic carbocycles. The molecule has 0 radical (unpaired) electrons. The van der Waals surface area contributed by atoms with Gasteiger partial charge in [-0.15, -0.1) is 0 Å². The molecule has 1 N–H and O–H groups in total. The van der Waals surface area contributed by atoms with E-state index in [9.17, 15) is 0 Å². The molecule has 0 bridgehead atoms. The summed E-state index contributed by atoms with van der Waals surface area (Å²) in [4.78, 5) is 2.13. The van der Waals surface area contributed by atoms with Crippen molar-refractivity contribution in [1.82, 2.24) is 10.2 Å². The standard InChI is InChI=1S/C18H32N2O/c1-15(19-11-13-21-14-12-20(5)6)16-7-9-17(10-8-16)18(2,3)4/h7-10,15,19H,11-14H2,1-6H3. The molecule has 0 saturated heterocycles. The molecule has 0 heterocycles. The van der Waals surface area contributed by atoms with E-state index < -0.39 is 0 Å². The summed E-state index contributed by atoms with van der Waals surface area (Å²) >= 11 is 0. The van der Waals surface area contributed by atoms with E-state index in [1.54, 1.807) is 0 Å². The van der Waals surface area contributed by atoms with Gasteiger partial charge in [0.05, 0.1) is 13.2 Å². The van der Waals surface area contributed by atoms with Crippen molar-refractivity contribution in [2.75, 3.05) is 40.4 Å². The van der Waals surface area contributed by atoms with Crippen molar-refractivity contribution in [2.24, 2.45) is 0 Å². The number of rotatable bonds is 8. The molecule has 0 saturated carbocycles. The van der Waals surface area contributed by atoms with Gasteiger partial charge in [-0.2, -0.15) is 0 Å². The van der Waals surface area contributed by atoms with Gasteiger partial charge in [-0.25, -0.2) is 0 Å². The molecule has 0 spiro atoms. The van der Waals surface area contributed by atoms with E-state index in [0.29, 0.717) is 6.04 Å². The molecule has 1 aromatic rings. The molecule has 3 heteroatoms. The van der Waals surface area contributed by atoms with Crippen LogP contribution in [0.3, 0.4) is 0 Å². The van der Waals surface area contributed by atoms with Gasteiger partial charge in [-0.1, -0.05) is 45.0 Å². The van der Waals surface area contributed by atoms with Crippen LogP contribution in [0.1, 0.15) is 44.9 Å². The van der Waals surface area contributed by atoms with Crippen LogP contribution in [0.25, 0.3) is 0 Å². The van der Waals surface area contributed by atoms with Crippen molar-refractivity contribution in [3.63, 3.8) is 0 Å². The number of likely N-dealkylation sites (N-methyl/N-ethyl adjacent to an activating group) is 1. The van der Waals surface area contributed by atoms with Crippen LogP contribution in [0.2, 0.25) is 0 Å². The van der Waals surface area contributed by atoms with Gasteiger partial charge in [0.15, 0.2) is 0 Å². The van der Waals surface area contributed by atoms with Crippen LogP contribution >= 0.6 is 0 Å². The van der Waals surface area contributed by atoms with Crippen molar-refractivity contribution in [1.29, 1.82) is 0 Å². The Morgan fingerprint density at radius 3 is 2.24 bits per heavy atom. The first-order valence-electron chi connectivity index (χ1n) is 7.87. The predicted octanol–water partition coefficient (Wildman–Crippen LogP) is 3.21. The Labute approximate surface area is 130 Å². The third-order valence-corrected chi connectivity index (χ3v) is 3.66. The lowest BCUT2D eigenvalue weighted by Crippen LogP contribution is -2.25. The summed E-state index contributed by atoms with van der Waals surface area (Å²) in [5, 5.41) is 3.51. The smallest absolute Gasteiger partial charge is 0.0593 e. The number of benzene rings is 1. The highest BCUT2D eigenvalue weighted by molar-refractivity contribution is 5.28. The minimum absolute atomic E-state index is 0.218. The van der Waals surface area contributed by atoms with Crippen LogP contribution in [0, 0.1) is 0 Å². The highest BCUT2D eigenvalue weighted by atomic mass is 16.5. The molecule has 0 aromatic heterocycles. The Morgan fingerprint density at radius 2 is 1.71 bits per heavy atom. The fraction of sp³-hybridized carbons (Fsp3) is 0.667. The number of nitrogens with zero attached hydrogens (tertiary/aromatic N) is 1. The summed E-state index contributed by atoms with van der Waals surface area (Å²) in [6, 6.07) is 9.29. The van der Waals surface area contributed by atoms with Crippen molar-refractivity contribution >= 4 is 0 Å². The maximum absolute atomic E-state index is 5.59. The van der Waals surface area contributed by atoms with E-state index in [4.69, 9.17) is 4.74 Å². The topological polar surface area (TPSA) is 24.5 Å². The minimum Gasteiger partial charge on any atom is -0.379 e. The largest absolute Gasteiger partial charge is 0.379 e. The van der Waals surface area contributed by atoms with Crippen LogP contribution in [0.15, 0.2) is 24.3 Å². The third kappa shape index (κ3) is 7.07. The lowest BCUT2D eigenvalue weighted by atomic mass is 9.86. The van der Waals surface area contributed by atoms with Gasteiger partial charge in [0.25, 0.3) is 0 Å². The molecular formula is C18H32N2O. The van der Waals surface area contributed by atoms with Gasteiger partial charge in [0.2, 0.25) is 0 Å². The van der Waals surface area contributed by atoms with E-state index in [1.165, 1.54) is 11.1 Å². The van der Waals surface area contributed by atoms with Crippen LogP contribution in [0.5, 0.6) is 0 Å². The Hall–Kier alpha value is -0.900. The van der Waals surface area contributed by atoms with E-state index in [1.807, 2.05) is 0 Å². The number of hydrogen-bond acceptors (Lipinski definition) is 3. The number of ether oxygens (including phenoxy) is 1. The Balaban J connectivity index is 2.30. The second-order valence-corrected chi connectivity index (χ2v) is 6.96. The summed E-state index contributed by atoms with van der Waals surface area (Å²) in [5.41, 5.74) is 2.93. The highest BCUT2D eigenvalue weighted by Crippen LogP contribution is 2.23. The van der Waals surface area contributed by atoms with Gasteiger partial charge in [0.1, 0.15) is 0 Å². The minimum atomic E-state index is 0.218. The van der Waals surface area contributed by atoms with Gasteiger partial charge >= 0.3 is 0 Å². The van der Waals surface area contributed by atoms with Crippen LogP contribution < -0.4 is 5.32 Å². The average molecular weight is 292 g/mol. The average Bonchev–Trinajstić information content (AvgIpc) is 2.41. The fourth-order valence-electron chi connectivity index (χ4n) is 2.09. The van der Waals surface area contributed by atoms with Crippen LogP contribution in [0.4, 0.5) is 0 Å². The molecule has 21 heavy (non-hydrogen) atoms. The van der Waals surface area contributed by atoms with E-state index in [2.05, 4.69) is 76.3 Å². The second kappa shape index (κ2) is 8.52. The lowest BCUT2D eigenvalue weighted by molar-refractivity contribution is 0.118. The summed E-state index contributed by atoms with van der Waals surface area (Å²) in [7, 11) is 4.12. The monoisotopic (exact) mass is 292 g/mol. The lowest BCUT2D eigenvalue weighted by Gasteiger charge is -2.20. The van der Waals surface area contributed by atoms with Gasteiger partial charge in [-0.3, -0.25) is 0 Å². The first kappa shape index (κ1) is 18.1. The maximum atomic E-state index is 5.59. The SMILES string of the molecule is CC(NCCOCCN(C)C)c1ccc(C(C)(C)C)cc1. The Kier molecular flexibility index (Phi) is 7.36. The summed E-state index contributed by atoms with van der Waals surface area (Å²) < 4.78 is 5.59. The first-order chi connectivity index (χ1) is 9.80. The Morgan fingerprint density at radius 1 is 1.10 bits per heavy atom. The van der Waals surface area contributed by atoms with Crippen LogP contribution in [-0.4, -0.2) is 45.3 Å². The number of hydrogen-bond donors (Lipinski definition) is 1. The maximum Gasteiger partial charge on any atom is 0.0593 e. The van der Waals surface area contributed by atoms with Gasteiger partial charge in [0, 0.05) is 19.1 Å². The quantitative estimate of drug-likeness (QED) is 0.745. The van der Waals surface area contributed by atoms with Crippen molar-refractivity contribution < 1.29 is 4.74 Å². The molecule has 1 rings (SSSR count). The third-order valence-electron chi connectivity index (χ3n) is 3.66. The van der Waals surface area contributed by atoms with E-state index >= 15 is 0 Å². The van der Waals surface area contributed by atoms with Gasteiger partial charge in [-0.05, 0) is 37.6 Å². The molecule has 120 valence electrons. The molecule has 0 fully saturated rings. The zero-order chi connectivity index (χ0) is 15.9. The molecule has 0 aliphatic rings. The zero-order valence-electron chi connectivity index (χ0n) is 14.6. The molecule has 1 atom stereocenters. The highest BCUT2D eigenvalue weighted by Gasteiger charge is 2.13. The number of nitrogens with one attached hydrogen (secondary N) is 1. The zero-order valence-corrected chi connectivity index (χ0v) is 14.6. The van der Waals surface area contributed by atoms with Crippen molar-refractivity contribution in [3.05, 3.63) is 35.4 Å². The first-order valence-corrected chi connectivity index (χ1v) is 7.87. The molecule has 0 amide bonds. The molecule has 0 aliphatic heterocycles. The normalized spacial score (nSPS) is 13.7. The van der Waals surface area contributed by atoms with Crippen molar-refractivity contribution in [3.8, 4) is 0 Å². The van der Waals surface area contributed by atoms with E-state index in [0.717, 1.165) is 26.3 Å². The summed E-state index contributed by atoms with van der Waals surface area (Å²) in [6.07, 6.45) is 0. The summed E-state index contributed by atoms with van der Waals surface area (Å²) in [6.45, 7) is 12.4. The van der Waals surface area contributed by atoms with Gasteiger partial charge < -0.3 is 15.0 Å². The summed E-state index contributed by atoms with van der Waals surface area (Å²) in [5.74, 6) is 0. The molecular weight excluding hydrogens is 260 g/mol. The molecule has 0 aliphatic carbocycles.